The van der Waals surface area contributed by atoms with Crippen molar-refractivity contribution in [2.24, 2.45) is 0 Å². The smallest absolute Gasteiger partial charge is 0.329 e. The highest BCUT2D eigenvalue weighted by Gasteiger charge is 2.32. The van der Waals surface area contributed by atoms with E-state index in [0.717, 1.165) is 5.69 Å². The number of urea groups is 1. The maximum absolute atomic E-state index is 11.6. The Bertz CT molecular complexity index is 432. The summed E-state index contributed by atoms with van der Waals surface area (Å²) in [5, 5.41) is 16.2. The van der Waals surface area contributed by atoms with E-state index in [4.69, 9.17) is 5.11 Å². The Morgan fingerprint density at radius 2 is 2.24 bits per heavy atom. The highest BCUT2D eigenvalue weighted by Crippen LogP contribution is 2.15. The number of aliphatic carboxylic acids is 1. The lowest BCUT2D eigenvalue weighted by molar-refractivity contribution is -0.143. The van der Waals surface area contributed by atoms with Crippen LogP contribution in [0.5, 0.6) is 0 Å². The van der Waals surface area contributed by atoms with Crippen LogP contribution in [0.15, 0.2) is 5.38 Å². The summed E-state index contributed by atoms with van der Waals surface area (Å²) in [6.45, 7) is 4.97. The van der Waals surface area contributed by atoms with Crippen LogP contribution in [0, 0.1) is 6.92 Å². The van der Waals surface area contributed by atoms with Gasteiger partial charge in [-0.1, -0.05) is 6.92 Å². The fraction of sp³-hybridized carbons (Fsp3) is 0.500. The predicted molar refractivity (Wildman–Crippen MR) is 65.3 cm³/mol. The van der Waals surface area contributed by atoms with Crippen LogP contribution in [0.25, 0.3) is 0 Å². The van der Waals surface area contributed by atoms with Crippen LogP contribution in [0.3, 0.4) is 0 Å². The number of nitrogens with one attached hydrogen (secondary N) is 2. The van der Waals surface area contributed by atoms with Gasteiger partial charge in [-0.25, -0.2) is 14.6 Å². The van der Waals surface area contributed by atoms with Gasteiger partial charge < -0.3 is 10.4 Å². The molecule has 94 valence electrons. The number of rotatable bonds is 4. The van der Waals surface area contributed by atoms with E-state index in [9.17, 15) is 9.59 Å². The summed E-state index contributed by atoms with van der Waals surface area (Å²) in [5.41, 5.74) is -0.460. The summed E-state index contributed by atoms with van der Waals surface area (Å²) in [6.07, 6.45) is 0.298. The number of carbonyl (C=O) groups is 2. The van der Waals surface area contributed by atoms with Crippen LogP contribution in [-0.2, 0) is 4.79 Å². The van der Waals surface area contributed by atoms with E-state index in [-0.39, 0.29) is 0 Å². The zero-order valence-electron chi connectivity index (χ0n) is 9.90. The van der Waals surface area contributed by atoms with Crippen LogP contribution in [0.4, 0.5) is 9.93 Å². The maximum atomic E-state index is 11.6. The van der Waals surface area contributed by atoms with Gasteiger partial charge in [0.25, 0.3) is 0 Å². The molecule has 0 saturated carbocycles. The number of anilines is 1. The molecule has 0 saturated heterocycles. The van der Waals surface area contributed by atoms with Gasteiger partial charge in [-0.05, 0) is 20.3 Å². The first-order chi connectivity index (χ1) is 7.87. The number of nitrogens with zero attached hydrogens (tertiary/aromatic N) is 1. The van der Waals surface area contributed by atoms with Crippen molar-refractivity contribution < 1.29 is 14.7 Å². The number of amides is 2. The Hall–Kier alpha value is -1.63. The molecular formula is C10H15N3O3S. The average molecular weight is 257 g/mol. The molecule has 0 spiro atoms. The highest BCUT2D eigenvalue weighted by molar-refractivity contribution is 7.13. The minimum Gasteiger partial charge on any atom is -0.480 e. The molecule has 1 heterocycles. The van der Waals surface area contributed by atoms with Gasteiger partial charge in [0, 0.05) is 5.38 Å². The highest BCUT2D eigenvalue weighted by atomic mass is 32.1. The second-order valence-corrected chi connectivity index (χ2v) is 4.72. The third kappa shape index (κ3) is 3.42. The van der Waals surface area contributed by atoms with Crippen molar-refractivity contribution in [1.29, 1.82) is 0 Å². The molecule has 0 aliphatic heterocycles. The maximum Gasteiger partial charge on any atom is 0.329 e. The molecule has 0 fully saturated rings. The molecule has 0 aliphatic rings. The first kappa shape index (κ1) is 13.4. The second kappa shape index (κ2) is 5.13. The SMILES string of the molecule is CCC(C)(NC(=O)Nc1nc(C)cs1)C(=O)O. The van der Waals surface area contributed by atoms with Gasteiger partial charge >= 0.3 is 12.0 Å². The monoisotopic (exact) mass is 257 g/mol. The van der Waals surface area contributed by atoms with Gasteiger partial charge in [-0.2, -0.15) is 0 Å². The second-order valence-electron chi connectivity index (χ2n) is 3.86. The summed E-state index contributed by atoms with van der Waals surface area (Å²) >= 11 is 1.29. The van der Waals surface area contributed by atoms with Crippen molar-refractivity contribution in [2.75, 3.05) is 5.32 Å². The lowest BCUT2D eigenvalue weighted by atomic mass is 10.00. The molecule has 17 heavy (non-hydrogen) atoms. The van der Waals surface area contributed by atoms with E-state index in [2.05, 4.69) is 15.6 Å². The third-order valence-electron chi connectivity index (χ3n) is 2.41. The largest absolute Gasteiger partial charge is 0.480 e. The van der Waals surface area contributed by atoms with Crippen molar-refractivity contribution in [1.82, 2.24) is 10.3 Å². The molecule has 1 aromatic heterocycles. The number of carboxylic acids is 1. The Labute approximate surface area is 103 Å². The first-order valence-corrected chi connectivity index (χ1v) is 6.00. The summed E-state index contributed by atoms with van der Waals surface area (Å²) in [4.78, 5) is 26.6. The molecule has 1 unspecified atom stereocenters. The quantitative estimate of drug-likeness (QED) is 0.767. The first-order valence-electron chi connectivity index (χ1n) is 5.12. The zero-order chi connectivity index (χ0) is 13.1. The number of carbonyl (C=O) groups excluding carboxylic acids is 1. The summed E-state index contributed by atoms with van der Waals surface area (Å²) in [7, 11) is 0. The van der Waals surface area contributed by atoms with Crippen LogP contribution >= 0.6 is 11.3 Å². The standard InChI is InChI=1S/C10H15N3O3S/c1-4-10(3,7(14)15)13-8(16)12-9-11-6(2)5-17-9/h5H,4H2,1-3H3,(H,14,15)(H2,11,12,13,16). The summed E-state index contributed by atoms with van der Waals surface area (Å²) < 4.78 is 0. The van der Waals surface area contributed by atoms with E-state index < -0.39 is 17.5 Å². The topological polar surface area (TPSA) is 91.3 Å². The molecule has 0 bridgehead atoms. The van der Waals surface area contributed by atoms with Crippen molar-refractivity contribution in [3.05, 3.63) is 11.1 Å². The lowest BCUT2D eigenvalue weighted by Crippen LogP contribution is -2.53. The molecule has 0 radical (unpaired) electrons. The molecule has 6 nitrogen and oxygen atoms in total. The minimum atomic E-state index is -1.27. The Balaban J connectivity index is 2.63. The van der Waals surface area contributed by atoms with Gasteiger partial charge in [-0.3, -0.25) is 5.32 Å². The molecule has 1 rings (SSSR count). The number of aromatic nitrogens is 1. The molecule has 0 aromatic carbocycles. The molecule has 1 atom stereocenters. The zero-order valence-corrected chi connectivity index (χ0v) is 10.7. The predicted octanol–water partition coefficient (Wildman–Crippen LogP) is 1.83. The van der Waals surface area contributed by atoms with Crippen molar-refractivity contribution in [3.63, 3.8) is 0 Å². The number of hydrogen-bond acceptors (Lipinski definition) is 4. The van der Waals surface area contributed by atoms with E-state index >= 15 is 0 Å². The molecule has 0 aliphatic carbocycles. The van der Waals surface area contributed by atoms with Crippen molar-refractivity contribution in [3.8, 4) is 0 Å². The van der Waals surface area contributed by atoms with Gasteiger partial charge in [0.2, 0.25) is 0 Å². The van der Waals surface area contributed by atoms with Gasteiger partial charge in [0.1, 0.15) is 5.54 Å². The molecule has 3 N–H and O–H groups in total. The number of carboxylic acid groups (broad SMARTS) is 1. The number of hydrogen-bond donors (Lipinski definition) is 3. The molecule has 2 amide bonds. The lowest BCUT2D eigenvalue weighted by Gasteiger charge is -2.24. The minimum absolute atomic E-state index is 0.298. The molecular weight excluding hydrogens is 242 g/mol. The average Bonchev–Trinajstić information content (AvgIpc) is 2.63. The van der Waals surface area contributed by atoms with E-state index in [1.165, 1.54) is 18.3 Å². The van der Waals surface area contributed by atoms with Crippen molar-refractivity contribution >= 4 is 28.5 Å². The van der Waals surface area contributed by atoms with E-state index in [1.54, 1.807) is 12.3 Å². The van der Waals surface area contributed by atoms with Crippen LogP contribution in [-0.4, -0.2) is 27.6 Å². The van der Waals surface area contributed by atoms with Gasteiger partial charge in [0.05, 0.1) is 5.69 Å². The Morgan fingerprint density at radius 3 is 2.65 bits per heavy atom. The van der Waals surface area contributed by atoms with E-state index in [1.807, 2.05) is 6.92 Å². The summed E-state index contributed by atoms with van der Waals surface area (Å²) in [5.74, 6) is -1.06. The molecule has 1 aromatic rings. The van der Waals surface area contributed by atoms with Crippen LogP contribution in [0.1, 0.15) is 26.0 Å². The van der Waals surface area contributed by atoms with Crippen molar-refractivity contribution in [2.45, 2.75) is 32.7 Å². The van der Waals surface area contributed by atoms with Gasteiger partial charge in [0.15, 0.2) is 5.13 Å². The Kier molecular flexibility index (Phi) is 4.06. The number of aryl methyl sites for hydroxylation is 1. The Morgan fingerprint density at radius 1 is 1.59 bits per heavy atom. The van der Waals surface area contributed by atoms with Gasteiger partial charge in [-0.15, -0.1) is 11.3 Å². The fourth-order valence-electron chi connectivity index (χ4n) is 1.08. The summed E-state index contributed by atoms with van der Waals surface area (Å²) in [6, 6.07) is -0.564. The number of thiazole rings is 1. The van der Waals surface area contributed by atoms with Crippen LogP contribution in [0.2, 0.25) is 0 Å². The third-order valence-corrected chi connectivity index (χ3v) is 3.28. The van der Waals surface area contributed by atoms with E-state index in [0.29, 0.717) is 11.6 Å². The normalized spacial score (nSPS) is 13.8. The fourth-order valence-corrected chi connectivity index (χ4v) is 1.77. The van der Waals surface area contributed by atoms with Crippen LogP contribution < -0.4 is 10.6 Å². The molecule has 7 heteroatoms.